The first-order chi connectivity index (χ1) is 29.6. The average Bonchev–Trinajstić information content (AvgIpc) is 3.23. The lowest BCUT2D eigenvalue weighted by molar-refractivity contribution is -0.384. The highest BCUT2D eigenvalue weighted by molar-refractivity contribution is 6.32. The molecule has 0 heterocycles. The summed E-state index contributed by atoms with van der Waals surface area (Å²) in [7, 11) is 0. The van der Waals surface area contributed by atoms with Crippen LogP contribution in [-0.4, -0.2) is 19.9 Å². The van der Waals surface area contributed by atoms with Gasteiger partial charge in [-0.1, -0.05) is 88.9 Å². The van der Waals surface area contributed by atoms with Gasteiger partial charge in [-0.25, -0.2) is 0 Å². The van der Waals surface area contributed by atoms with E-state index in [1.165, 1.54) is 54.6 Å². The number of nitro benzene ring substituents is 3. The van der Waals surface area contributed by atoms with Gasteiger partial charge in [-0.05, 0) is 92.2 Å². The van der Waals surface area contributed by atoms with Crippen molar-refractivity contribution in [3.63, 3.8) is 0 Å². The van der Waals surface area contributed by atoms with Crippen molar-refractivity contribution >= 4 is 51.6 Å². The Labute approximate surface area is 365 Å². The number of benzene rings is 7. The van der Waals surface area contributed by atoms with Crippen molar-refractivity contribution in [2.75, 3.05) is 11.5 Å². The number of nitrogens with zero attached hydrogens (tertiary/aromatic N) is 3. The maximum Gasteiger partial charge on any atom is 0.292 e. The standard InChI is InChI=1S/C13H10ClNO3.C13H12N2O3.C13H12O2.C6H5ClN2O2/c2*1-9-2-4-10(5-3-9)18-11-6-7-13(15(16)17)12(14)8-11;14-12-6-8-13(9-7-12)15-10-11-4-2-1-3-5-11;7-4-1-2-6(9(10)11)5(8)3-4/h2-8H,1H3;2-8H,14H2,1H3;1-9,14H,10H2;1-3H,8H2. The zero-order valence-electron chi connectivity index (χ0n) is 33.1. The van der Waals surface area contributed by atoms with Gasteiger partial charge in [0, 0.05) is 35.4 Å². The minimum absolute atomic E-state index is 0.0598. The molecule has 0 aliphatic heterocycles. The molecule has 15 nitrogen and oxygen atoms in total. The number of hydrogen-bond acceptors (Lipinski definition) is 12. The van der Waals surface area contributed by atoms with Gasteiger partial charge >= 0.3 is 0 Å². The number of rotatable bonds is 10. The predicted molar refractivity (Wildman–Crippen MR) is 240 cm³/mol. The van der Waals surface area contributed by atoms with Gasteiger partial charge in [-0.15, -0.1) is 0 Å². The number of phenolic OH excluding ortho intramolecular Hbond substituents is 1. The SMILES string of the molecule is Cc1ccc(Oc2ccc([N+](=O)[O-])c(Cl)c2)cc1.Cc1ccc(Oc2ccc([N+](=O)[O-])c(N)c2)cc1.Nc1cc(Cl)ccc1[N+](=O)[O-].Oc1ccc(OCc2ccccc2)cc1. The summed E-state index contributed by atoms with van der Waals surface area (Å²) in [5.41, 5.74) is 14.1. The molecule has 0 saturated heterocycles. The lowest BCUT2D eigenvalue weighted by Crippen LogP contribution is -1.95. The molecule has 0 fully saturated rings. The van der Waals surface area contributed by atoms with E-state index in [1.54, 1.807) is 24.3 Å². The zero-order valence-corrected chi connectivity index (χ0v) is 34.6. The Morgan fingerprint density at radius 1 is 0.516 bits per heavy atom. The first kappa shape index (κ1) is 46.8. The van der Waals surface area contributed by atoms with Crippen LogP contribution in [0, 0.1) is 44.2 Å². The third kappa shape index (κ3) is 15.4. The van der Waals surface area contributed by atoms with Crippen molar-refractivity contribution in [3.8, 4) is 34.5 Å². The van der Waals surface area contributed by atoms with Gasteiger partial charge in [0.1, 0.15) is 57.5 Å². The quantitative estimate of drug-likeness (QED) is 0.0662. The second kappa shape index (κ2) is 23.1. The van der Waals surface area contributed by atoms with E-state index in [1.807, 2.05) is 92.7 Å². The fourth-order valence-electron chi connectivity index (χ4n) is 4.92. The number of ether oxygens (including phenoxy) is 3. The molecular formula is C45H39Cl2N5O10. The van der Waals surface area contributed by atoms with Crippen molar-refractivity contribution in [1.82, 2.24) is 0 Å². The lowest BCUT2D eigenvalue weighted by Gasteiger charge is -2.06. The van der Waals surface area contributed by atoms with Crippen LogP contribution in [0.4, 0.5) is 28.4 Å². The summed E-state index contributed by atoms with van der Waals surface area (Å²) in [6.07, 6.45) is 0. The smallest absolute Gasteiger partial charge is 0.292 e. The highest BCUT2D eigenvalue weighted by Gasteiger charge is 2.14. The number of aryl methyl sites for hydroxylation is 2. The first-order valence-electron chi connectivity index (χ1n) is 18.2. The summed E-state index contributed by atoms with van der Waals surface area (Å²) < 4.78 is 16.6. The van der Waals surface area contributed by atoms with Crippen LogP contribution in [-0.2, 0) is 6.61 Å². The topological polar surface area (TPSA) is 229 Å². The Morgan fingerprint density at radius 2 is 0.935 bits per heavy atom. The Bertz CT molecular complexity index is 2480. The number of anilines is 2. The molecule has 0 aromatic heterocycles. The maximum absolute atomic E-state index is 10.6. The second-order valence-electron chi connectivity index (χ2n) is 12.9. The third-order valence-electron chi connectivity index (χ3n) is 8.10. The molecule has 5 N–H and O–H groups in total. The minimum atomic E-state index is -0.550. The highest BCUT2D eigenvalue weighted by atomic mass is 35.5. The van der Waals surface area contributed by atoms with Crippen molar-refractivity contribution in [2.45, 2.75) is 20.5 Å². The first-order valence-corrected chi connectivity index (χ1v) is 19.0. The van der Waals surface area contributed by atoms with Crippen LogP contribution in [0.15, 0.2) is 158 Å². The molecule has 0 aliphatic carbocycles. The van der Waals surface area contributed by atoms with E-state index in [-0.39, 0.29) is 39.2 Å². The van der Waals surface area contributed by atoms with E-state index < -0.39 is 14.8 Å². The normalized spacial score (nSPS) is 9.94. The molecule has 0 radical (unpaired) electrons. The van der Waals surface area contributed by atoms with E-state index in [0.29, 0.717) is 34.6 Å². The summed E-state index contributed by atoms with van der Waals surface area (Å²) in [6, 6.07) is 44.3. The number of nitrogens with two attached hydrogens (primary N) is 2. The molecule has 318 valence electrons. The Morgan fingerprint density at radius 3 is 1.39 bits per heavy atom. The molecule has 0 spiro atoms. The summed E-state index contributed by atoms with van der Waals surface area (Å²) in [5, 5.41) is 41.0. The van der Waals surface area contributed by atoms with Gasteiger partial charge < -0.3 is 30.8 Å². The van der Waals surface area contributed by atoms with Crippen molar-refractivity contribution in [2.24, 2.45) is 0 Å². The van der Waals surface area contributed by atoms with Crippen LogP contribution < -0.4 is 25.7 Å². The minimum Gasteiger partial charge on any atom is -0.508 e. The van der Waals surface area contributed by atoms with Gasteiger partial charge in [-0.3, -0.25) is 30.3 Å². The number of halogens is 2. The van der Waals surface area contributed by atoms with Gasteiger partial charge in [0.25, 0.3) is 17.1 Å². The van der Waals surface area contributed by atoms with Crippen LogP contribution in [0.25, 0.3) is 0 Å². The zero-order chi connectivity index (χ0) is 45.2. The molecule has 7 rings (SSSR count). The van der Waals surface area contributed by atoms with Crippen LogP contribution >= 0.6 is 23.2 Å². The summed E-state index contributed by atoms with van der Waals surface area (Å²) >= 11 is 11.3. The average molecular weight is 881 g/mol. The van der Waals surface area contributed by atoms with E-state index in [4.69, 9.17) is 54.0 Å². The molecule has 17 heteroatoms. The van der Waals surface area contributed by atoms with E-state index >= 15 is 0 Å². The Balaban J connectivity index is 0.000000185. The molecule has 0 bridgehead atoms. The van der Waals surface area contributed by atoms with Crippen molar-refractivity contribution < 1.29 is 34.1 Å². The summed E-state index contributed by atoms with van der Waals surface area (Å²) in [6.45, 7) is 4.51. The molecule has 0 atom stereocenters. The van der Waals surface area contributed by atoms with E-state index in [9.17, 15) is 30.3 Å². The van der Waals surface area contributed by atoms with Crippen molar-refractivity contribution in [3.05, 3.63) is 215 Å². The molecular weight excluding hydrogens is 841 g/mol. The molecule has 0 unspecified atom stereocenters. The highest BCUT2D eigenvalue weighted by Crippen LogP contribution is 2.32. The molecule has 0 amide bonds. The molecule has 7 aromatic carbocycles. The van der Waals surface area contributed by atoms with E-state index in [2.05, 4.69) is 0 Å². The van der Waals surface area contributed by atoms with Gasteiger partial charge in [-0.2, -0.15) is 0 Å². The number of hydrogen-bond donors (Lipinski definition) is 3. The van der Waals surface area contributed by atoms with Crippen molar-refractivity contribution in [1.29, 1.82) is 0 Å². The summed E-state index contributed by atoms with van der Waals surface area (Å²) in [5.74, 6) is 3.27. The number of aromatic hydroxyl groups is 1. The maximum atomic E-state index is 10.6. The van der Waals surface area contributed by atoms with Gasteiger partial charge in [0.05, 0.1) is 14.8 Å². The number of nitro groups is 3. The molecule has 62 heavy (non-hydrogen) atoms. The lowest BCUT2D eigenvalue weighted by atomic mass is 10.2. The largest absolute Gasteiger partial charge is 0.508 e. The van der Waals surface area contributed by atoms with Gasteiger partial charge in [0.15, 0.2) is 0 Å². The predicted octanol–water partition coefficient (Wildman–Crippen LogP) is 12.4. The monoisotopic (exact) mass is 879 g/mol. The Hall–Kier alpha value is -7.88. The fraction of sp³-hybridized carbons (Fsp3) is 0.0667. The second-order valence-corrected chi connectivity index (χ2v) is 13.8. The molecule has 0 aliphatic rings. The summed E-state index contributed by atoms with van der Waals surface area (Å²) in [4.78, 5) is 29.8. The van der Waals surface area contributed by atoms with Crippen LogP contribution in [0.2, 0.25) is 10.0 Å². The van der Waals surface area contributed by atoms with Gasteiger partial charge in [0.2, 0.25) is 0 Å². The third-order valence-corrected chi connectivity index (χ3v) is 8.63. The number of nitrogen functional groups attached to an aromatic ring is 2. The van der Waals surface area contributed by atoms with E-state index in [0.717, 1.165) is 22.4 Å². The van der Waals surface area contributed by atoms with Crippen LogP contribution in [0.5, 0.6) is 34.5 Å². The van der Waals surface area contributed by atoms with Crippen LogP contribution in [0.1, 0.15) is 16.7 Å². The Kier molecular flexibility index (Phi) is 17.4. The fourth-order valence-corrected chi connectivity index (χ4v) is 5.34. The van der Waals surface area contributed by atoms with Crippen LogP contribution in [0.3, 0.4) is 0 Å². The molecule has 0 saturated carbocycles. The number of phenols is 1. The molecule has 7 aromatic rings.